The van der Waals surface area contributed by atoms with Crippen LogP contribution in [0.3, 0.4) is 0 Å². The normalized spacial score (nSPS) is 9.88. The van der Waals surface area contributed by atoms with Crippen molar-refractivity contribution in [2.24, 2.45) is 0 Å². The molecule has 0 fully saturated rings. The molecule has 0 heterocycles. The third kappa shape index (κ3) is 3.46. The van der Waals surface area contributed by atoms with Crippen molar-refractivity contribution in [3.05, 3.63) is 18.2 Å². The number of nitrogens with one attached hydrogen (secondary N) is 1. The van der Waals surface area contributed by atoms with Crippen LogP contribution in [-0.4, -0.2) is 13.0 Å². The van der Waals surface area contributed by atoms with E-state index in [0.717, 1.165) is 12.8 Å². The summed E-state index contributed by atoms with van der Waals surface area (Å²) in [7, 11) is 1.55. The Hall–Kier alpha value is -1.71. The molecule has 0 unspecified atom stereocenters. The Morgan fingerprint density at radius 1 is 1.50 bits per heavy atom. The summed E-state index contributed by atoms with van der Waals surface area (Å²) >= 11 is 0. The second-order valence-electron chi connectivity index (χ2n) is 3.61. The summed E-state index contributed by atoms with van der Waals surface area (Å²) in [5.74, 6) is 0.592. The number of rotatable bonds is 5. The number of benzene rings is 1. The minimum Gasteiger partial charge on any atom is -0.494 e. The van der Waals surface area contributed by atoms with Gasteiger partial charge in [-0.2, -0.15) is 0 Å². The lowest BCUT2D eigenvalue weighted by Crippen LogP contribution is -2.11. The first-order chi connectivity index (χ1) is 7.67. The van der Waals surface area contributed by atoms with Crippen LogP contribution in [0.2, 0.25) is 0 Å². The van der Waals surface area contributed by atoms with E-state index >= 15 is 0 Å². The van der Waals surface area contributed by atoms with Gasteiger partial charge in [0.25, 0.3) is 0 Å². The minimum absolute atomic E-state index is 0.00456. The van der Waals surface area contributed by atoms with Crippen LogP contribution in [0.25, 0.3) is 0 Å². The van der Waals surface area contributed by atoms with Gasteiger partial charge in [-0.05, 0) is 18.6 Å². The Bertz CT molecular complexity index is 364. The molecule has 88 valence electrons. The average molecular weight is 222 g/mol. The van der Waals surface area contributed by atoms with Crippen molar-refractivity contribution in [1.29, 1.82) is 0 Å². The predicted molar refractivity (Wildman–Crippen MR) is 65.6 cm³/mol. The second kappa shape index (κ2) is 6.00. The molecule has 0 aromatic heterocycles. The summed E-state index contributed by atoms with van der Waals surface area (Å²) in [5, 5.41) is 2.80. The Balaban J connectivity index is 2.69. The third-order valence-corrected chi connectivity index (χ3v) is 2.26. The van der Waals surface area contributed by atoms with Gasteiger partial charge in [0.05, 0.1) is 12.8 Å². The van der Waals surface area contributed by atoms with Crippen LogP contribution in [0.4, 0.5) is 11.4 Å². The van der Waals surface area contributed by atoms with Crippen molar-refractivity contribution in [3.8, 4) is 5.75 Å². The highest BCUT2D eigenvalue weighted by molar-refractivity contribution is 5.92. The summed E-state index contributed by atoms with van der Waals surface area (Å²) in [6.07, 6.45) is 2.43. The molecule has 1 amide bonds. The highest BCUT2D eigenvalue weighted by Gasteiger charge is 2.07. The number of unbranched alkanes of at least 4 members (excludes halogenated alkanes) is 1. The molecule has 1 rings (SSSR count). The van der Waals surface area contributed by atoms with Gasteiger partial charge in [0.15, 0.2) is 0 Å². The van der Waals surface area contributed by atoms with Gasteiger partial charge in [-0.3, -0.25) is 4.79 Å². The molecular formula is C12H18N2O2. The van der Waals surface area contributed by atoms with Gasteiger partial charge in [0.2, 0.25) is 5.91 Å². The number of anilines is 2. The van der Waals surface area contributed by atoms with Crippen molar-refractivity contribution < 1.29 is 9.53 Å². The van der Waals surface area contributed by atoms with Crippen LogP contribution in [-0.2, 0) is 4.79 Å². The van der Waals surface area contributed by atoms with Gasteiger partial charge in [-0.25, -0.2) is 0 Å². The molecular weight excluding hydrogens is 204 g/mol. The Morgan fingerprint density at radius 2 is 2.25 bits per heavy atom. The fourth-order valence-electron chi connectivity index (χ4n) is 1.36. The number of hydrogen-bond donors (Lipinski definition) is 2. The lowest BCUT2D eigenvalue weighted by molar-refractivity contribution is -0.116. The van der Waals surface area contributed by atoms with Crippen molar-refractivity contribution in [1.82, 2.24) is 0 Å². The maximum atomic E-state index is 11.5. The van der Waals surface area contributed by atoms with Crippen molar-refractivity contribution in [2.45, 2.75) is 26.2 Å². The molecule has 0 saturated carbocycles. The van der Waals surface area contributed by atoms with E-state index in [9.17, 15) is 4.79 Å². The van der Waals surface area contributed by atoms with Crippen LogP contribution in [0.1, 0.15) is 26.2 Å². The molecule has 1 aromatic carbocycles. The van der Waals surface area contributed by atoms with Crippen molar-refractivity contribution in [2.75, 3.05) is 18.2 Å². The van der Waals surface area contributed by atoms with E-state index in [1.54, 1.807) is 25.3 Å². The minimum atomic E-state index is 0.00456. The Morgan fingerprint density at radius 3 is 2.88 bits per heavy atom. The molecule has 0 aliphatic heterocycles. The number of nitrogens with two attached hydrogens (primary N) is 1. The Kier molecular flexibility index (Phi) is 4.64. The van der Waals surface area contributed by atoms with E-state index in [-0.39, 0.29) is 5.91 Å². The largest absolute Gasteiger partial charge is 0.494 e. The summed E-state index contributed by atoms with van der Waals surface area (Å²) in [6.45, 7) is 2.05. The SMILES string of the molecule is CCCCC(=O)Nc1ccc(N)cc1OC. The van der Waals surface area contributed by atoms with Crippen molar-refractivity contribution >= 4 is 17.3 Å². The monoisotopic (exact) mass is 222 g/mol. The number of hydrogen-bond acceptors (Lipinski definition) is 3. The fraction of sp³-hybridized carbons (Fsp3) is 0.417. The summed E-state index contributed by atoms with van der Waals surface area (Å²) in [4.78, 5) is 11.5. The first kappa shape index (κ1) is 12.4. The number of ether oxygens (including phenoxy) is 1. The highest BCUT2D eigenvalue weighted by atomic mass is 16.5. The van der Waals surface area contributed by atoms with Crippen LogP contribution >= 0.6 is 0 Å². The van der Waals surface area contributed by atoms with Gasteiger partial charge in [-0.1, -0.05) is 13.3 Å². The highest BCUT2D eigenvalue weighted by Crippen LogP contribution is 2.26. The zero-order valence-corrected chi connectivity index (χ0v) is 9.75. The first-order valence-corrected chi connectivity index (χ1v) is 5.40. The van der Waals surface area contributed by atoms with Crippen LogP contribution in [0.5, 0.6) is 5.75 Å². The molecule has 4 nitrogen and oxygen atoms in total. The lowest BCUT2D eigenvalue weighted by Gasteiger charge is -2.10. The fourth-order valence-corrected chi connectivity index (χ4v) is 1.36. The number of methoxy groups -OCH3 is 1. The predicted octanol–water partition coefficient (Wildman–Crippen LogP) is 2.41. The number of carbonyl (C=O) groups is 1. The number of nitrogen functional groups attached to an aromatic ring is 1. The number of carbonyl (C=O) groups excluding carboxylic acids is 1. The summed E-state index contributed by atoms with van der Waals surface area (Å²) in [6, 6.07) is 5.17. The average Bonchev–Trinajstić information content (AvgIpc) is 2.28. The molecule has 3 N–H and O–H groups in total. The van der Waals surface area contributed by atoms with Gasteiger partial charge in [0, 0.05) is 18.2 Å². The molecule has 0 saturated heterocycles. The van der Waals surface area contributed by atoms with E-state index < -0.39 is 0 Å². The zero-order valence-electron chi connectivity index (χ0n) is 9.75. The van der Waals surface area contributed by atoms with E-state index in [1.807, 2.05) is 0 Å². The molecule has 0 spiro atoms. The first-order valence-electron chi connectivity index (χ1n) is 5.40. The quantitative estimate of drug-likeness (QED) is 0.752. The van der Waals surface area contributed by atoms with Gasteiger partial charge in [0.1, 0.15) is 5.75 Å². The molecule has 4 heteroatoms. The van der Waals surface area contributed by atoms with Crippen LogP contribution in [0.15, 0.2) is 18.2 Å². The Labute approximate surface area is 95.8 Å². The smallest absolute Gasteiger partial charge is 0.224 e. The standard InChI is InChI=1S/C12H18N2O2/c1-3-4-5-12(15)14-10-7-6-9(13)8-11(10)16-2/h6-8H,3-5,13H2,1-2H3,(H,14,15). The van der Waals surface area contributed by atoms with Gasteiger partial charge in [-0.15, -0.1) is 0 Å². The van der Waals surface area contributed by atoms with Gasteiger partial charge < -0.3 is 15.8 Å². The van der Waals surface area contributed by atoms with E-state index in [2.05, 4.69) is 12.2 Å². The van der Waals surface area contributed by atoms with E-state index in [0.29, 0.717) is 23.5 Å². The molecule has 0 bridgehead atoms. The van der Waals surface area contributed by atoms with Crippen molar-refractivity contribution in [3.63, 3.8) is 0 Å². The summed E-state index contributed by atoms with van der Waals surface area (Å²) < 4.78 is 5.14. The maximum Gasteiger partial charge on any atom is 0.224 e. The molecule has 0 atom stereocenters. The third-order valence-electron chi connectivity index (χ3n) is 2.26. The molecule has 0 aliphatic carbocycles. The van der Waals surface area contributed by atoms with Crippen LogP contribution in [0, 0.1) is 0 Å². The van der Waals surface area contributed by atoms with E-state index in [1.165, 1.54) is 0 Å². The molecule has 0 radical (unpaired) electrons. The number of amides is 1. The molecule has 0 aliphatic rings. The van der Waals surface area contributed by atoms with Crippen LogP contribution < -0.4 is 15.8 Å². The maximum absolute atomic E-state index is 11.5. The second-order valence-corrected chi connectivity index (χ2v) is 3.61. The summed E-state index contributed by atoms with van der Waals surface area (Å²) in [5.41, 5.74) is 6.90. The van der Waals surface area contributed by atoms with Gasteiger partial charge >= 0.3 is 0 Å². The molecule has 1 aromatic rings. The molecule has 16 heavy (non-hydrogen) atoms. The zero-order chi connectivity index (χ0) is 12.0. The lowest BCUT2D eigenvalue weighted by atomic mass is 10.2. The topological polar surface area (TPSA) is 64.4 Å². The van der Waals surface area contributed by atoms with E-state index in [4.69, 9.17) is 10.5 Å².